The minimum atomic E-state index is -4.03. The Labute approximate surface area is 185 Å². The summed E-state index contributed by atoms with van der Waals surface area (Å²) in [6, 6.07) is 13.0. The van der Waals surface area contributed by atoms with Gasteiger partial charge in [0.05, 0.1) is 25.1 Å². The second-order valence-electron chi connectivity index (χ2n) is 7.04. The maximum Gasteiger partial charge on any atom is 0.248 e. The van der Waals surface area contributed by atoms with E-state index in [-0.39, 0.29) is 32.0 Å². The van der Waals surface area contributed by atoms with E-state index < -0.39 is 26.6 Å². The third-order valence-corrected chi connectivity index (χ3v) is 6.75. The summed E-state index contributed by atoms with van der Waals surface area (Å²) < 4.78 is 47.8. The van der Waals surface area contributed by atoms with Gasteiger partial charge in [-0.15, -0.1) is 0 Å². The van der Waals surface area contributed by atoms with Crippen LogP contribution in [-0.2, 0) is 19.6 Å². The average molecular weight is 456 g/mol. The molecule has 0 unspecified atom stereocenters. The van der Waals surface area contributed by atoms with Crippen LogP contribution in [0.3, 0.4) is 0 Å². The Kier molecular flexibility index (Phi) is 6.45. The normalized spacial score (nSPS) is 15.2. The van der Waals surface area contributed by atoms with Crippen LogP contribution in [0.25, 0.3) is 11.8 Å². The monoisotopic (exact) mass is 456 g/mol. The molecule has 1 aromatic heterocycles. The van der Waals surface area contributed by atoms with E-state index in [1.165, 1.54) is 16.4 Å². The molecule has 2 aromatic carbocycles. The minimum Gasteiger partial charge on any atom is -0.379 e. The van der Waals surface area contributed by atoms with Gasteiger partial charge in [-0.3, -0.25) is 4.79 Å². The van der Waals surface area contributed by atoms with Crippen LogP contribution >= 0.6 is 0 Å². The molecule has 1 amide bonds. The van der Waals surface area contributed by atoms with Gasteiger partial charge in [-0.05, 0) is 36.4 Å². The predicted molar refractivity (Wildman–Crippen MR) is 117 cm³/mol. The summed E-state index contributed by atoms with van der Waals surface area (Å²) in [5.74, 6) is -1.36. The Morgan fingerprint density at radius 2 is 1.88 bits per heavy atom. The zero-order valence-electron chi connectivity index (χ0n) is 17.0. The number of nitrogens with zero attached hydrogens (tertiary/aromatic N) is 3. The van der Waals surface area contributed by atoms with E-state index in [4.69, 9.17) is 4.74 Å². The topological polar surface area (TPSA) is 93.5 Å². The number of para-hydroxylation sites is 1. The number of carbonyl (C=O) groups excluding carboxylic acids is 1. The Morgan fingerprint density at radius 3 is 2.62 bits per heavy atom. The standard InChI is InChI=1S/C22H21FN4O4S/c23-20-8-7-18(14-21(20)32(29,30)26-10-12-31-13-11-26)25-22(28)9-6-17-15-24-27(16-17)19-4-2-1-3-5-19/h1-9,14-16H,10-13H2,(H,25,28). The first-order valence-corrected chi connectivity index (χ1v) is 11.3. The molecule has 0 aliphatic carbocycles. The molecular formula is C22H21FN4O4S. The zero-order valence-corrected chi connectivity index (χ0v) is 17.8. The van der Waals surface area contributed by atoms with Crippen molar-refractivity contribution >= 4 is 27.7 Å². The Morgan fingerprint density at radius 1 is 1.12 bits per heavy atom. The number of benzene rings is 2. The fourth-order valence-corrected chi connectivity index (χ4v) is 4.70. The van der Waals surface area contributed by atoms with Gasteiger partial charge in [0, 0.05) is 36.6 Å². The van der Waals surface area contributed by atoms with Crippen LogP contribution in [-0.4, -0.2) is 54.7 Å². The number of carbonyl (C=O) groups is 1. The first-order valence-electron chi connectivity index (χ1n) is 9.90. The van der Waals surface area contributed by atoms with Gasteiger partial charge in [-0.1, -0.05) is 18.2 Å². The van der Waals surface area contributed by atoms with Gasteiger partial charge in [0.2, 0.25) is 15.9 Å². The smallest absolute Gasteiger partial charge is 0.248 e. The number of amides is 1. The van der Waals surface area contributed by atoms with Gasteiger partial charge in [0.25, 0.3) is 0 Å². The number of anilines is 1. The summed E-state index contributed by atoms with van der Waals surface area (Å²) in [7, 11) is -4.03. The van der Waals surface area contributed by atoms with Crippen LogP contribution in [0.1, 0.15) is 5.56 Å². The van der Waals surface area contributed by atoms with E-state index in [9.17, 15) is 17.6 Å². The predicted octanol–water partition coefficient (Wildman–Crippen LogP) is 2.68. The quantitative estimate of drug-likeness (QED) is 0.576. The molecule has 0 bridgehead atoms. The van der Waals surface area contributed by atoms with E-state index in [2.05, 4.69) is 10.4 Å². The second-order valence-corrected chi connectivity index (χ2v) is 8.94. The lowest BCUT2D eigenvalue weighted by atomic mass is 10.3. The van der Waals surface area contributed by atoms with Crippen molar-refractivity contribution in [2.45, 2.75) is 4.90 Å². The van der Waals surface area contributed by atoms with Crippen LogP contribution in [0.5, 0.6) is 0 Å². The van der Waals surface area contributed by atoms with Crippen molar-refractivity contribution in [1.82, 2.24) is 14.1 Å². The lowest BCUT2D eigenvalue weighted by molar-refractivity contribution is -0.111. The van der Waals surface area contributed by atoms with Crippen molar-refractivity contribution in [3.8, 4) is 5.69 Å². The number of halogens is 1. The first-order chi connectivity index (χ1) is 15.4. The first kappa shape index (κ1) is 21.9. The zero-order chi connectivity index (χ0) is 22.6. The molecule has 1 N–H and O–H groups in total. The summed E-state index contributed by atoms with van der Waals surface area (Å²) in [5.41, 5.74) is 1.77. The molecule has 0 radical (unpaired) electrons. The molecule has 1 fully saturated rings. The highest BCUT2D eigenvalue weighted by atomic mass is 32.2. The van der Waals surface area contributed by atoms with E-state index in [0.717, 1.165) is 17.8 Å². The Balaban J connectivity index is 1.46. The summed E-state index contributed by atoms with van der Waals surface area (Å²) >= 11 is 0. The molecular weight excluding hydrogens is 435 g/mol. The minimum absolute atomic E-state index is 0.151. The number of hydrogen-bond acceptors (Lipinski definition) is 5. The molecule has 166 valence electrons. The summed E-state index contributed by atoms with van der Waals surface area (Å²) in [6.45, 7) is 0.807. The number of sulfonamides is 1. The van der Waals surface area contributed by atoms with E-state index >= 15 is 0 Å². The molecule has 0 spiro atoms. The summed E-state index contributed by atoms with van der Waals surface area (Å²) in [4.78, 5) is 11.8. The maximum absolute atomic E-state index is 14.3. The second kappa shape index (κ2) is 9.43. The van der Waals surface area contributed by atoms with Crippen molar-refractivity contribution in [1.29, 1.82) is 0 Å². The molecule has 1 aliphatic heterocycles. The number of nitrogens with one attached hydrogen (secondary N) is 1. The lowest BCUT2D eigenvalue weighted by Gasteiger charge is -2.26. The molecule has 1 aliphatic rings. The third-order valence-electron chi connectivity index (χ3n) is 4.84. The van der Waals surface area contributed by atoms with Crippen LogP contribution in [0, 0.1) is 5.82 Å². The van der Waals surface area contributed by atoms with Crippen LogP contribution in [0.2, 0.25) is 0 Å². The molecule has 3 aromatic rings. The fraction of sp³-hybridized carbons (Fsp3) is 0.182. The van der Waals surface area contributed by atoms with E-state index in [1.807, 2.05) is 30.3 Å². The molecule has 32 heavy (non-hydrogen) atoms. The van der Waals surface area contributed by atoms with Gasteiger partial charge in [-0.25, -0.2) is 17.5 Å². The number of rotatable bonds is 6. The van der Waals surface area contributed by atoms with Crippen molar-refractivity contribution in [3.05, 3.63) is 78.4 Å². The van der Waals surface area contributed by atoms with Crippen molar-refractivity contribution in [3.63, 3.8) is 0 Å². The molecule has 2 heterocycles. The third kappa shape index (κ3) is 4.93. The highest BCUT2D eigenvalue weighted by Crippen LogP contribution is 2.24. The SMILES string of the molecule is O=C(C=Cc1cnn(-c2ccccc2)c1)Nc1ccc(F)c(S(=O)(=O)N2CCOCC2)c1. The lowest BCUT2D eigenvalue weighted by Crippen LogP contribution is -2.40. The molecule has 8 nitrogen and oxygen atoms in total. The molecule has 4 rings (SSSR count). The van der Waals surface area contributed by atoms with E-state index in [0.29, 0.717) is 5.56 Å². The Hall–Kier alpha value is -3.34. The van der Waals surface area contributed by atoms with Gasteiger partial charge in [0.1, 0.15) is 10.7 Å². The van der Waals surface area contributed by atoms with Crippen molar-refractivity contribution in [2.75, 3.05) is 31.6 Å². The average Bonchev–Trinajstić information content (AvgIpc) is 3.29. The van der Waals surface area contributed by atoms with E-state index in [1.54, 1.807) is 23.2 Å². The molecule has 1 saturated heterocycles. The number of aromatic nitrogens is 2. The summed E-state index contributed by atoms with van der Waals surface area (Å²) in [6.07, 6.45) is 6.26. The largest absolute Gasteiger partial charge is 0.379 e. The van der Waals surface area contributed by atoms with Crippen molar-refractivity contribution in [2.24, 2.45) is 0 Å². The highest BCUT2D eigenvalue weighted by molar-refractivity contribution is 7.89. The summed E-state index contributed by atoms with van der Waals surface area (Å²) in [5, 5.41) is 6.82. The number of morpholine rings is 1. The number of hydrogen-bond donors (Lipinski definition) is 1. The van der Waals surface area contributed by atoms with Gasteiger partial charge in [0.15, 0.2) is 0 Å². The van der Waals surface area contributed by atoms with Crippen LogP contribution in [0.15, 0.2) is 71.9 Å². The highest BCUT2D eigenvalue weighted by Gasteiger charge is 2.29. The van der Waals surface area contributed by atoms with Gasteiger partial charge < -0.3 is 10.1 Å². The fourth-order valence-electron chi connectivity index (χ4n) is 3.21. The molecule has 0 atom stereocenters. The Bertz CT molecular complexity index is 1240. The molecule has 10 heteroatoms. The van der Waals surface area contributed by atoms with Crippen LogP contribution < -0.4 is 5.32 Å². The maximum atomic E-state index is 14.3. The van der Waals surface area contributed by atoms with Gasteiger partial charge >= 0.3 is 0 Å². The van der Waals surface area contributed by atoms with Crippen molar-refractivity contribution < 1.29 is 22.3 Å². The van der Waals surface area contributed by atoms with Crippen LogP contribution in [0.4, 0.5) is 10.1 Å². The van der Waals surface area contributed by atoms with Gasteiger partial charge in [-0.2, -0.15) is 9.40 Å². The number of ether oxygens (including phenoxy) is 1. The molecule has 0 saturated carbocycles.